The third-order valence-corrected chi connectivity index (χ3v) is 3.97. The molecule has 1 heterocycles. The molecule has 1 aromatic carbocycles. The lowest BCUT2D eigenvalue weighted by molar-refractivity contribution is -0.111. The molecule has 1 saturated carbocycles. The van der Waals surface area contributed by atoms with Crippen LogP contribution < -0.4 is 0 Å². The number of nitrogens with one attached hydrogen (secondary N) is 1. The Balaban J connectivity index is 2.11. The van der Waals surface area contributed by atoms with E-state index in [0.717, 1.165) is 36.5 Å². The lowest BCUT2D eigenvalue weighted by atomic mass is 9.89. The maximum Gasteiger partial charge on any atom is 0.187 e. The van der Waals surface area contributed by atoms with E-state index in [4.69, 9.17) is 6.57 Å². The molecule has 2 unspecified atom stereocenters. The summed E-state index contributed by atoms with van der Waals surface area (Å²) in [6.45, 7) is 7.09. The van der Waals surface area contributed by atoms with E-state index in [2.05, 4.69) is 9.83 Å². The number of aromatic nitrogens is 1. The van der Waals surface area contributed by atoms with Gasteiger partial charge in [-0.05, 0) is 41.8 Å². The fourth-order valence-corrected chi connectivity index (χ4v) is 3.04. The quantitative estimate of drug-likeness (QED) is 0.627. The van der Waals surface area contributed by atoms with E-state index in [1.54, 1.807) is 0 Å². The minimum atomic E-state index is 0.139. The van der Waals surface area contributed by atoms with Gasteiger partial charge in [-0.25, -0.2) is 4.85 Å². The molecule has 90 valence electrons. The van der Waals surface area contributed by atoms with Crippen LogP contribution in [0.5, 0.6) is 0 Å². The molecule has 2 atom stereocenters. The van der Waals surface area contributed by atoms with Gasteiger partial charge in [0.25, 0.3) is 0 Å². The predicted octanol–water partition coefficient (Wildman–Crippen LogP) is 3.80. The third-order valence-electron chi connectivity index (χ3n) is 3.97. The number of nitrogens with zero attached hydrogens (tertiary/aromatic N) is 1. The SMILES string of the molecule is [C-]#[N+]c1ccc2[nH]cc(C3CCCC3C=O)c2c1. The van der Waals surface area contributed by atoms with Crippen molar-refractivity contribution in [2.24, 2.45) is 5.92 Å². The second-order valence-electron chi connectivity index (χ2n) is 4.92. The van der Waals surface area contributed by atoms with Crippen molar-refractivity contribution < 1.29 is 4.79 Å². The molecular weight excluding hydrogens is 224 g/mol. The highest BCUT2D eigenvalue weighted by molar-refractivity contribution is 5.87. The lowest BCUT2D eigenvalue weighted by Crippen LogP contribution is -2.06. The van der Waals surface area contributed by atoms with Crippen LogP contribution in [-0.2, 0) is 4.79 Å². The molecule has 0 bridgehead atoms. The summed E-state index contributed by atoms with van der Waals surface area (Å²) < 4.78 is 0. The van der Waals surface area contributed by atoms with Gasteiger partial charge in [-0.2, -0.15) is 0 Å². The minimum absolute atomic E-state index is 0.139. The van der Waals surface area contributed by atoms with E-state index in [1.165, 1.54) is 5.56 Å². The van der Waals surface area contributed by atoms with Gasteiger partial charge in [0, 0.05) is 17.6 Å². The molecule has 1 N–H and O–H groups in total. The lowest BCUT2D eigenvalue weighted by Gasteiger charge is -2.13. The Morgan fingerprint density at radius 1 is 1.39 bits per heavy atom. The maximum absolute atomic E-state index is 11.1. The first-order valence-corrected chi connectivity index (χ1v) is 6.27. The number of carbonyl (C=O) groups is 1. The summed E-state index contributed by atoms with van der Waals surface area (Å²) in [5, 5.41) is 1.10. The molecule has 2 aromatic rings. The van der Waals surface area contributed by atoms with Gasteiger partial charge in [-0.1, -0.05) is 12.5 Å². The molecule has 0 spiro atoms. The van der Waals surface area contributed by atoms with Crippen LogP contribution in [0.3, 0.4) is 0 Å². The number of H-pyrrole nitrogens is 1. The summed E-state index contributed by atoms with van der Waals surface area (Å²) in [5.41, 5.74) is 2.91. The smallest absolute Gasteiger partial charge is 0.187 e. The van der Waals surface area contributed by atoms with Gasteiger partial charge in [0.1, 0.15) is 6.29 Å². The average Bonchev–Trinajstić information content (AvgIpc) is 3.03. The van der Waals surface area contributed by atoms with E-state index in [0.29, 0.717) is 11.6 Å². The molecule has 1 aliphatic rings. The molecule has 3 nitrogen and oxygen atoms in total. The second-order valence-corrected chi connectivity index (χ2v) is 4.92. The van der Waals surface area contributed by atoms with Crippen molar-refractivity contribution in [3.8, 4) is 0 Å². The highest BCUT2D eigenvalue weighted by Crippen LogP contribution is 2.41. The number of aromatic amines is 1. The zero-order valence-corrected chi connectivity index (χ0v) is 10.0. The van der Waals surface area contributed by atoms with E-state index in [1.807, 2.05) is 24.4 Å². The van der Waals surface area contributed by atoms with Crippen LogP contribution in [0, 0.1) is 12.5 Å². The molecule has 0 saturated heterocycles. The summed E-state index contributed by atoms with van der Waals surface area (Å²) in [6, 6.07) is 5.69. The van der Waals surface area contributed by atoms with Crippen LogP contribution in [0.4, 0.5) is 5.69 Å². The number of rotatable bonds is 2. The molecule has 0 amide bonds. The largest absolute Gasteiger partial charge is 0.361 e. The Hall–Kier alpha value is -2.08. The number of hydrogen-bond donors (Lipinski definition) is 1. The number of fused-ring (bicyclic) bond motifs is 1. The summed E-state index contributed by atoms with van der Waals surface area (Å²) in [7, 11) is 0. The Morgan fingerprint density at radius 3 is 3.06 bits per heavy atom. The summed E-state index contributed by atoms with van der Waals surface area (Å²) in [5.74, 6) is 0.456. The standard InChI is InChI=1S/C15H14N2O/c1-16-11-5-6-15-13(7-11)14(8-17-15)12-4-2-3-10(12)9-18/h5-10,12,17H,2-4H2. The maximum atomic E-state index is 11.1. The molecule has 18 heavy (non-hydrogen) atoms. The van der Waals surface area contributed by atoms with Gasteiger partial charge in [-0.15, -0.1) is 0 Å². The topological polar surface area (TPSA) is 37.2 Å². The van der Waals surface area contributed by atoms with Gasteiger partial charge in [-0.3, -0.25) is 0 Å². The van der Waals surface area contributed by atoms with Crippen LogP contribution in [0.1, 0.15) is 30.7 Å². The van der Waals surface area contributed by atoms with Crippen molar-refractivity contribution in [1.82, 2.24) is 4.98 Å². The highest BCUT2D eigenvalue weighted by Gasteiger charge is 2.29. The summed E-state index contributed by atoms with van der Waals surface area (Å²) >= 11 is 0. The van der Waals surface area contributed by atoms with Crippen LogP contribution in [-0.4, -0.2) is 11.3 Å². The molecule has 0 aliphatic heterocycles. The molecule has 1 aliphatic carbocycles. The molecular formula is C15H14N2O. The summed E-state index contributed by atoms with van der Waals surface area (Å²) in [6.07, 6.45) is 6.27. The fraction of sp³-hybridized carbons (Fsp3) is 0.333. The van der Waals surface area contributed by atoms with Crippen molar-refractivity contribution in [1.29, 1.82) is 0 Å². The minimum Gasteiger partial charge on any atom is -0.361 e. The van der Waals surface area contributed by atoms with E-state index < -0.39 is 0 Å². The van der Waals surface area contributed by atoms with Crippen LogP contribution >= 0.6 is 0 Å². The van der Waals surface area contributed by atoms with Crippen molar-refractivity contribution in [3.05, 3.63) is 41.4 Å². The van der Waals surface area contributed by atoms with E-state index >= 15 is 0 Å². The number of aldehydes is 1. The van der Waals surface area contributed by atoms with Crippen molar-refractivity contribution >= 4 is 22.9 Å². The third kappa shape index (κ3) is 1.62. The Morgan fingerprint density at radius 2 is 2.28 bits per heavy atom. The molecule has 1 aromatic heterocycles. The van der Waals surface area contributed by atoms with Crippen molar-refractivity contribution in [2.75, 3.05) is 0 Å². The van der Waals surface area contributed by atoms with Crippen molar-refractivity contribution in [3.63, 3.8) is 0 Å². The normalized spacial score (nSPS) is 23.1. The first-order valence-electron chi connectivity index (χ1n) is 6.27. The van der Waals surface area contributed by atoms with Gasteiger partial charge in [0.2, 0.25) is 0 Å². The molecule has 3 rings (SSSR count). The molecule has 1 fully saturated rings. The molecule has 3 heteroatoms. The predicted molar refractivity (Wildman–Crippen MR) is 70.7 cm³/mol. The second kappa shape index (κ2) is 4.30. The van der Waals surface area contributed by atoms with Crippen LogP contribution in [0.15, 0.2) is 24.4 Å². The van der Waals surface area contributed by atoms with Gasteiger partial charge < -0.3 is 9.78 Å². The van der Waals surface area contributed by atoms with Crippen molar-refractivity contribution in [2.45, 2.75) is 25.2 Å². The number of carbonyl (C=O) groups excluding carboxylic acids is 1. The highest BCUT2D eigenvalue weighted by atomic mass is 16.1. The Labute approximate surface area is 106 Å². The van der Waals surface area contributed by atoms with Gasteiger partial charge in [0.15, 0.2) is 5.69 Å². The van der Waals surface area contributed by atoms with Gasteiger partial charge >= 0.3 is 0 Å². The Bertz CT molecular complexity index is 635. The molecule has 0 radical (unpaired) electrons. The zero-order valence-electron chi connectivity index (χ0n) is 10.0. The van der Waals surface area contributed by atoms with Crippen LogP contribution in [0.2, 0.25) is 0 Å². The van der Waals surface area contributed by atoms with E-state index in [-0.39, 0.29) is 5.92 Å². The average molecular weight is 238 g/mol. The number of hydrogen-bond acceptors (Lipinski definition) is 1. The van der Waals surface area contributed by atoms with E-state index in [9.17, 15) is 4.79 Å². The first-order chi connectivity index (χ1) is 8.83. The Kier molecular flexibility index (Phi) is 2.64. The zero-order chi connectivity index (χ0) is 12.5. The summed E-state index contributed by atoms with van der Waals surface area (Å²) in [4.78, 5) is 17.8. The fourth-order valence-electron chi connectivity index (χ4n) is 3.04. The van der Waals surface area contributed by atoms with Gasteiger partial charge in [0.05, 0.1) is 6.57 Å². The monoisotopic (exact) mass is 238 g/mol. The number of benzene rings is 1. The van der Waals surface area contributed by atoms with Crippen LogP contribution in [0.25, 0.3) is 15.7 Å². The first kappa shape index (κ1) is 11.0.